The van der Waals surface area contributed by atoms with E-state index >= 15 is 0 Å². The van der Waals surface area contributed by atoms with Crippen molar-refractivity contribution >= 4 is 17.5 Å². The largest absolute Gasteiger partial charge is 0.486 e. The Morgan fingerprint density at radius 2 is 1.92 bits per heavy atom. The summed E-state index contributed by atoms with van der Waals surface area (Å²) in [6, 6.07) is 5.76. The number of nitrogens with zero attached hydrogens (tertiary/aromatic N) is 1. The highest BCUT2D eigenvalue weighted by Gasteiger charge is 2.37. The molecule has 2 heterocycles. The number of carbonyl (C=O) groups excluding carboxylic acids is 2. The Labute approximate surface area is 153 Å². The van der Waals surface area contributed by atoms with E-state index in [9.17, 15) is 9.59 Å². The van der Waals surface area contributed by atoms with Crippen molar-refractivity contribution < 1.29 is 19.1 Å². The van der Waals surface area contributed by atoms with E-state index in [1.54, 1.807) is 4.90 Å². The second-order valence-electron chi connectivity index (χ2n) is 7.61. The van der Waals surface area contributed by atoms with E-state index in [1.165, 1.54) is 12.8 Å². The average molecular weight is 358 g/mol. The second kappa shape index (κ2) is 7.17. The molecule has 0 unspecified atom stereocenters. The van der Waals surface area contributed by atoms with Crippen LogP contribution in [0.25, 0.3) is 0 Å². The van der Waals surface area contributed by atoms with E-state index in [1.807, 2.05) is 18.2 Å². The third-order valence-electron chi connectivity index (χ3n) is 5.77. The number of rotatable bonds is 3. The molecule has 0 radical (unpaired) electrons. The summed E-state index contributed by atoms with van der Waals surface area (Å²) < 4.78 is 11.1. The molecule has 1 aromatic rings. The van der Waals surface area contributed by atoms with Gasteiger partial charge in [-0.3, -0.25) is 9.59 Å². The summed E-state index contributed by atoms with van der Waals surface area (Å²) in [5.41, 5.74) is 0.764. The van der Waals surface area contributed by atoms with Gasteiger partial charge in [-0.15, -0.1) is 0 Å². The smallest absolute Gasteiger partial charge is 0.227 e. The molecule has 0 spiro atoms. The standard InChI is InChI=1S/C20H26N2O4/c1-13-4-2-3-5-16(13)21-20(24)14-10-19(23)22(12-14)15-6-7-17-18(11-15)26-9-8-25-17/h6-7,11,13-14,16H,2-5,8-10,12H2,1H3,(H,21,24)/t13-,14+,16+/m1/s1. The van der Waals surface area contributed by atoms with Gasteiger partial charge in [0.25, 0.3) is 0 Å². The minimum Gasteiger partial charge on any atom is -0.486 e. The molecule has 3 aliphatic rings. The molecule has 2 amide bonds. The Hall–Kier alpha value is -2.24. The van der Waals surface area contributed by atoms with Gasteiger partial charge in [-0.1, -0.05) is 19.8 Å². The predicted molar refractivity (Wildman–Crippen MR) is 97.5 cm³/mol. The highest BCUT2D eigenvalue weighted by atomic mass is 16.6. The predicted octanol–water partition coefficient (Wildman–Crippen LogP) is 2.51. The molecule has 1 saturated heterocycles. The quantitative estimate of drug-likeness (QED) is 0.901. The Balaban J connectivity index is 1.42. The summed E-state index contributed by atoms with van der Waals surface area (Å²) in [4.78, 5) is 26.9. The molecule has 6 heteroatoms. The maximum Gasteiger partial charge on any atom is 0.227 e. The maximum atomic E-state index is 12.7. The molecule has 2 aliphatic heterocycles. The van der Waals surface area contributed by atoms with Gasteiger partial charge in [0.1, 0.15) is 13.2 Å². The molecular weight excluding hydrogens is 332 g/mol. The van der Waals surface area contributed by atoms with Crippen molar-refractivity contribution in [1.29, 1.82) is 0 Å². The zero-order valence-electron chi connectivity index (χ0n) is 15.2. The van der Waals surface area contributed by atoms with Gasteiger partial charge in [0.2, 0.25) is 11.8 Å². The van der Waals surface area contributed by atoms with Crippen LogP contribution < -0.4 is 19.7 Å². The third kappa shape index (κ3) is 3.37. The first kappa shape index (κ1) is 17.2. The minimum atomic E-state index is -0.287. The molecule has 1 saturated carbocycles. The fraction of sp³-hybridized carbons (Fsp3) is 0.600. The van der Waals surface area contributed by atoms with Gasteiger partial charge in [0.05, 0.1) is 5.92 Å². The van der Waals surface area contributed by atoms with Crippen LogP contribution in [0.5, 0.6) is 11.5 Å². The lowest BCUT2D eigenvalue weighted by Crippen LogP contribution is -2.44. The van der Waals surface area contributed by atoms with Crippen LogP contribution in [0, 0.1) is 11.8 Å². The molecule has 0 bridgehead atoms. The first-order valence-corrected chi connectivity index (χ1v) is 9.62. The number of fused-ring (bicyclic) bond motifs is 1. The first-order chi connectivity index (χ1) is 12.6. The van der Waals surface area contributed by atoms with Crippen molar-refractivity contribution in [3.05, 3.63) is 18.2 Å². The van der Waals surface area contributed by atoms with Crippen molar-refractivity contribution in [3.63, 3.8) is 0 Å². The van der Waals surface area contributed by atoms with Crippen LogP contribution in [0.2, 0.25) is 0 Å². The van der Waals surface area contributed by atoms with Gasteiger partial charge in [-0.05, 0) is 30.9 Å². The molecule has 1 aliphatic carbocycles. The number of amides is 2. The van der Waals surface area contributed by atoms with Crippen LogP contribution in [0.1, 0.15) is 39.0 Å². The van der Waals surface area contributed by atoms with E-state index in [4.69, 9.17) is 9.47 Å². The van der Waals surface area contributed by atoms with Crippen molar-refractivity contribution in [2.24, 2.45) is 11.8 Å². The lowest BCUT2D eigenvalue weighted by atomic mass is 9.85. The van der Waals surface area contributed by atoms with Crippen LogP contribution in [0.15, 0.2) is 18.2 Å². The van der Waals surface area contributed by atoms with Crippen molar-refractivity contribution in [2.75, 3.05) is 24.7 Å². The molecule has 1 N–H and O–H groups in total. The van der Waals surface area contributed by atoms with E-state index in [2.05, 4.69) is 12.2 Å². The maximum absolute atomic E-state index is 12.7. The van der Waals surface area contributed by atoms with Crippen LogP contribution in [-0.4, -0.2) is 37.6 Å². The highest BCUT2D eigenvalue weighted by Crippen LogP contribution is 2.36. The van der Waals surface area contributed by atoms with Crippen LogP contribution in [-0.2, 0) is 9.59 Å². The fourth-order valence-corrected chi connectivity index (χ4v) is 4.16. The highest BCUT2D eigenvalue weighted by molar-refractivity contribution is 6.00. The Morgan fingerprint density at radius 1 is 1.15 bits per heavy atom. The lowest BCUT2D eigenvalue weighted by molar-refractivity contribution is -0.127. The molecular formula is C20H26N2O4. The summed E-state index contributed by atoms with van der Waals surface area (Å²) in [5.74, 6) is 1.58. The Kier molecular flexibility index (Phi) is 4.74. The lowest BCUT2D eigenvalue weighted by Gasteiger charge is -2.30. The molecule has 2 fully saturated rings. The van der Waals surface area contributed by atoms with Gasteiger partial charge in [-0.25, -0.2) is 0 Å². The normalized spacial score (nSPS) is 28.1. The molecule has 4 rings (SSSR count). The van der Waals surface area contributed by atoms with Gasteiger partial charge in [0, 0.05) is 30.8 Å². The van der Waals surface area contributed by atoms with E-state index < -0.39 is 0 Å². The van der Waals surface area contributed by atoms with Crippen LogP contribution in [0.3, 0.4) is 0 Å². The summed E-state index contributed by atoms with van der Waals surface area (Å²) in [7, 11) is 0. The van der Waals surface area contributed by atoms with E-state index in [0.29, 0.717) is 37.2 Å². The van der Waals surface area contributed by atoms with E-state index in [0.717, 1.165) is 18.5 Å². The first-order valence-electron chi connectivity index (χ1n) is 9.62. The van der Waals surface area contributed by atoms with Gasteiger partial charge < -0.3 is 19.7 Å². The molecule has 3 atom stereocenters. The van der Waals surface area contributed by atoms with Gasteiger partial charge >= 0.3 is 0 Å². The Morgan fingerprint density at radius 3 is 2.73 bits per heavy atom. The summed E-state index contributed by atoms with van der Waals surface area (Å²) in [5, 5.41) is 3.19. The third-order valence-corrected chi connectivity index (χ3v) is 5.77. The minimum absolute atomic E-state index is 0.0112. The zero-order valence-corrected chi connectivity index (χ0v) is 15.2. The number of nitrogens with one attached hydrogen (secondary N) is 1. The number of carbonyl (C=O) groups is 2. The Bertz CT molecular complexity index is 705. The number of hydrogen-bond acceptors (Lipinski definition) is 4. The SMILES string of the molecule is C[C@@H]1CCCC[C@@H]1NC(=O)[C@H]1CC(=O)N(c2ccc3c(c2)OCCO3)C1. The van der Waals surface area contributed by atoms with Crippen LogP contribution >= 0.6 is 0 Å². The van der Waals surface area contributed by atoms with Crippen molar-refractivity contribution in [2.45, 2.75) is 45.1 Å². The molecule has 1 aromatic carbocycles. The van der Waals surface area contributed by atoms with Crippen LogP contribution in [0.4, 0.5) is 5.69 Å². The topological polar surface area (TPSA) is 67.9 Å². The van der Waals surface area contributed by atoms with Crippen molar-refractivity contribution in [1.82, 2.24) is 5.32 Å². The van der Waals surface area contributed by atoms with Gasteiger partial charge in [0.15, 0.2) is 11.5 Å². The fourth-order valence-electron chi connectivity index (χ4n) is 4.16. The molecule has 140 valence electrons. The summed E-state index contributed by atoms with van der Waals surface area (Å²) >= 11 is 0. The average Bonchev–Trinajstić information content (AvgIpc) is 3.05. The zero-order chi connectivity index (χ0) is 18.1. The monoisotopic (exact) mass is 358 g/mol. The van der Waals surface area contributed by atoms with Gasteiger partial charge in [-0.2, -0.15) is 0 Å². The number of hydrogen-bond donors (Lipinski definition) is 1. The second-order valence-corrected chi connectivity index (χ2v) is 7.61. The molecule has 26 heavy (non-hydrogen) atoms. The summed E-state index contributed by atoms with van der Waals surface area (Å²) in [6.07, 6.45) is 4.88. The number of anilines is 1. The summed E-state index contributed by atoms with van der Waals surface area (Å²) in [6.45, 7) is 3.67. The van der Waals surface area contributed by atoms with E-state index in [-0.39, 0.29) is 30.2 Å². The van der Waals surface area contributed by atoms with Crippen molar-refractivity contribution in [3.8, 4) is 11.5 Å². The molecule has 6 nitrogen and oxygen atoms in total. The number of ether oxygens (including phenoxy) is 2. The number of benzene rings is 1. The molecule has 0 aromatic heterocycles.